The number of hydrogen-bond acceptors (Lipinski definition) is 2. The number of carbonyl (C=O) groups excluding carboxylic acids is 1. The Morgan fingerprint density at radius 1 is 1.38 bits per heavy atom. The second-order valence-electron chi connectivity index (χ2n) is 5.36. The zero-order valence-electron chi connectivity index (χ0n) is 11.9. The third kappa shape index (κ3) is 3.31. The van der Waals surface area contributed by atoms with E-state index >= 15 is 0 Å². The minimum Gasteiger partial charge on any atom is -0.398 e. The van der Waals surface area contributed by atoms with Crippen molar-refractivity contribution >= 4 is 11.6 Å². The number of rotatable bonds is 2. The molecule has 1 atom stereocenters. The fraction of sp³-hybridized carbons (Fsp3) is 0.533. The first kappa shape index (κ1) is 15.7. The molecule has 0 spiro atoms. The highest BCUT2D eigenvalue weighted by atomic mass is 19.4. The van der Waals surface area contributed by atoms with Gasteiger partial charge in [-0.25, -0.2) is 0 Å². The number of nitrogens with two attached hydrogens (primary N) is 1. The normalized spacial score (nSPS) is 19.6. The lowest BCUT2D eigenvalue weighted by atomic mass is 9.98. The predicted molar refractivity (Wildman–Crippen MR) is 74.8 cm³/mol. The third-order valence-electron chi connectivity index (χ3n) is 3.97. The summed E-state index contributed by atoms with van der Waals surface area (Å²) >= 11 is 0. The second kappa shape index (κ2) is 5.95. The van der Waals surface area contributed by atoms with Crippen molar-refractivity contribution in [3.05, 3.63) is 29.3 Å². The molecule has 2 N–H and O–H groups in total. The summed E-state index contributed by atoms with van der Waals surface area (Å²) in [7, 11) is 0. The maximum atomic E-state index is 12.8. The number of likely N-dealkylation sites (tertiary alicyclic amines) is 1. The number of benzene rings is 1. The molecule has 1 amide bonds. The number of anilines is 1. The van der Waals surface area contributed by atoms with E-state index in [0.29, 0.717) is 6.54 Å². The van der Waals surface area contributed by atoms with E-state index in [9.17, 15) is 18.0 Å². The molecule has 1 aromatic rings. The molecule has 1 saturated heterocycles. The van der Waals surface area contributed by atoms with Crippen LogP contribution in [-0.2, 0) is 6.18 Å². The van der Waals surface area contributed by atoms with Crippen LogP contribution in [-0.4, -0.2) is 23.4 Å². The van der Waals surface area contributed by atoms with Crippen molar-refractivity contribution in [3.63, 3.8) is 0 Å². The lowest BCUT2D eigenvalue weighted by Crippen LogP contribution is -2.43. The fourth-order valence-electron chi connectivity index (χ4n) is 2.76. The third-order valence-corrected chi connectivity index (χ3v) is 3.97. The summed E-state index contributed by atoms with van der Waals surface area (Å²) in [6, 6.07) is 3.00. The Morgan fingerprint density at radius 3 is 2.71 bits per heavy atom. The Balaban J connectivity index is 2.33. The van der Waals surface area contributed by atoms with Gasteiger partial charge in [-0.15, -0.1) is 0 Å². The SMILES string of the molecule is CCC1CCCCN1C(=O)c1cc(C(F)(F)F)ccc1N. The largest absolute Gasteiger partial charge is 0.416 e. The fourth-order valence-corrected chi connectivity index (χ4v) is 2.76. The molecule has 1 aliphatic rings. The summed E-state index contributed by atoms with van der Waals surface area (Å²) in [5.74, 6) is -0.398. The number of amides is 1. The molecule has 1 aliphatic heterocycles. The van der Waals surface area contributed by atoms with Crippen molar-refractivity contribution in [3.8, 4) is 0 Å². The molecule has 2 rings (SSSR count). The van der Waals surface area contributed by atoms with Crippen molar-refractivity contribution in [2.45, 2.75) is 44.8 Å². The zero-order chi connectivity index (χ0) is 15.6. The van der Waals surface area contributed by atoms with E-state index in [4.69, 9.17) is 5.73 Å². The van der Waals surface area contributed by atoms with Gasteiger partial charge >= 0.3 is 6.18 Å². The predicted octanol–water partition coefficient (Wildman–Crippen LogP) is 3.69. The van der Waals surface area contributed by atoms with Crippen LogP contribution in [0.5, 0.6) is 0 Å². The second-order valence-corrected chi connectivity index (χ2v) is 5.36. The topological polar surface area (TPSA) is 46.3 Å². The highest BCUT2D eigenvalue weighted by Crippen LogP contribution is 2.32. The van der Waals surface area contributed by atoms with Gasteiger partial charge in [0.15, 0.2) is 0 Å². The van der Waals surface area contributed by atoms with Gasteiger partial charge in [0.25, 0.3) is 5.91 Å². The van der Waals surface area contributed by atoms with Crippen molar-refractivity contribution in [1.82, 2.24) is 4.90 Å². The maximum absolute atomic E-state index is 12.8. The minimum atomic E-state index is -4.48. The summed E-state index contributed by atoms with van der Waals surface area (Å²) in [5.41, 5.74) is 4.91. The van der Waals surface area contributed by atoms with E-state index in [-0.39, 0.29) is 17.3 Å². The molecule has 3 nitrogen and oxygen atoms in total. The summed E-state index contributed by atoms with van der Waals surface area (Å²) < 4.78 is 38.3. The molecule has 0 bridgehead atoms. The quantitative estimate of drug-likeness (QED) is 0.847. The minimum absolute atomic E-state index is 0.0508. The monoisotopic (exact) mass is 300 g/mol. The molecule has 0 aromatic heterocycles. The van der Waals surface area contributed by atoms with Gasteiger partial charge in [0.05, 0.1) is 11.1 Å². The molecule has 116 valence electrons. The van der Waals surface area contributed by atoms with Crippen LogP contribution in [0.4, 0.5) is 18.9 Å². The Labute approximate surface area is 121 Å². The van der Waals surface area contributed by atoms with E-state index in [1.165, 1.54) is 0 Å². The lowest BCUT2D eigenvalue weighted by Gasteiger charge is -2.35. The van der Waals surface area contributed by atoms with Crippen LogP contribution in [0.25, 0.3) is 0 Å². The summed E-state index contributed by atoms with van der Waals surface area (Å²) in [4.78, 5) is 14.2. The number of halogens is 3. The number of nitrogens with zero attached hydrogens (tertiary/aromatic N) is 1. The summed E-state index contributed by atoms with van der Waals surface area (Å²) in [6.45, 7) is 2.55. The highest BCUT2D eigenvalue weighted by Gasteiger charge is 2.33. The average Bonchev–Trinajstić information content (AvgIpc) is 2.45. The molecule has 21 heavy (non-hydrogen) atoms. The number of alkyl halides is 3. The number of nitrogen functional groups attached to an aromatic ring is 1. The Bertz CT molecular complexity index is 528. The van der Waals surface area contributed by atoms with Gasteiger partial charge in [0.1, 0.15) is 0 Å². The van der Waals surface area contributed by atoms with E-state index in [2.05, 4.69) is 0 Å². The van der Waals surface area contributed by atoms with Gasteiger partial charge in [-0.3, -0.25) is 4.79 Å². The van der Waals surface area contributed by atoms with Crippen LogP contribution in [0.1, 0.15) is 48.5 Å². The number of hydrogen-bond donors (Lipinski definition) is 1. The molecule has 1 aromatic carbocycles. The van der Waals surface area contributed by atoms with Crippen LogP contribution < -0.4 is 5.73 Å². The molecule has 0 saturated carbocycles. The first-order valence-electron chi connectivity index (χ1n) is 7.12. The van der Waals surface area contributed by atoms with Crippen molar-refractivity contribution in [2.75, 3.05) is 12.3 Å². The molecule has 1 heterocycles. The summed E-state index contributed by atoms with van der Waals surface area (Å²) in [5, 5.41) is 0. The summed E-state index contributed by atoms with van der Waals surface area (Å²) in [6.07, 6.45) is -0.873. The van der Waals surface area contributed by atoms with Crippen molar-refractivity contribution in [2.24, 2.45) is 0 Å². The van der Waals surface area contributed by atoms with Crippen LogP contribution in [0.2, 0.25) is 0 Å². The van der Waals surface area contributed by atoms with Crippen LogP contribution in [0.3, 0.4) is 0 Å². The van der Waals surface area contributed by atoms with Gasteiger partial charge < -0.3 is 10.6 Å². The smallest absolute Gasteiger partial charge is 0.398 e. The van der Waals surface area contributed by atoms with Crippen molar-refractivity contribution < 1.29 is 18.0 Å². The molecule has 0 radical (unpaired) electrons. The van der Waals surface area contributed by atoms with E-state index in [1.54, 1.807) is 4.90 Å². The van der Waals surface area contributed by atoms with Gasteiger partial charge in [0, 0.05) is 18.3 Å². The van der Waals surface area contributed by atoms with Crippen LogP contribution in [0.15, 0.2) is 18.2 Å². The standard InChI is InChI=1S/C15H19F3N2O/c1-2-11-5-3-4-8-20(11)14(21)12-9-10(15(16,17)18)6-7-13(12)19/h6-7,9,11H,2-5,8,19H2,1H3. The molecular formula is C15H19F3N2O. The van der Waals surface area contributed by atoms with Gasteiger partial charge in [-0.05, 0) is 43.9 Å². The van der Waals surface area contributed by atoms with Gasteiger partial charge in [-0.2, -0.15) is 13.2 Å². The molecule has 0 aliphatic carbocycles. The Kier molecular flexibility index (Phi) is 4.44. The first-order valence-corrected chi connectivity index (χ1v) is 7.12. The Morgan fingerprint density at radius 2 is 2.10 bits per heavy atom. The molecule has 1 unspecified atom stereocenters. The van der Waals surface area contributed by atoms with E-state index < -0.39 is 17.6 Å². The number of carbonyl (C=O) groups is 1. The molecule has 1 fully saturated rings. The maximum Gasteiger partial charge on any atom is 0.416 e. The number of piperidine rings is 1. The van der Waals surface area contributed by atoms with Crippen LogP contribution in [0, 0.1) is 0 Å². The van der Waals surface area contributed by atoms with Gasteiger partial charge in [-0.1, -0.05) is 6.92 Å². The Hall–Kier alpha value is -1.72. The van der Waals surface area contributed by atoms with E-state index in [0.717, 1.165) is 43.9 Å². The first-order chi connectivity index (χ1) is 9.84. The highest BCUT2D eigenvalue weighted by molar-refractivity contribution is 5.99. The van der Waals surface area contributed by atoms with Gasteiger partial charge in [0.2, 0.25) is 0 Å². The van der Waals surface area contributed by atoms with Crippen LogP contribution >= 0.6 is 0 Å². The zero-order valence-corrected chi connectivity index (χ0v) is 11.9. The average molecular weight is 300 g/mol. The molecule has 6 heteroatoms. The lowest BCUT2D eigenvalue weighted by molar-refractivity contribution is -0.137. The van der Waals surface area contributed by atoms with E-state index in [1.807, 2.05) is 6.92 Å². The molecular weight excluding hydrogens is 281 g/mol. The van der Waals surface area contributed by atoms with Crippen molar-refractivity contribution in [1.29, 1.82) is 0 Å².